The maximum Gasteiger partial charge on any atom is 0.355 e. The third-order valence-corrected chi connectivity index (χ3v) is 4.23. The summed E-state index contributed by atoms with van der Waals surface area (Å²) in [6.45, 7) is 1.85. The number of thiazole rings is 1. The van der Waals surface area contributed by atoms with Crippen molar-refractivity contribution in [2.45, 2.75) is 31.7 Å². The van der Waals surface area contributed by atoms with E-state index in [1.165, 1.54) is 22.8 Å². The van der Waals surface area contributed by atoms with Crippen LogP contribution in [-0.4, -0.2) is 26.0 Å². The molecular weight excluding hydrogens is 292 g/mol. The van der Waals surface area contributed by atoms with Crippen LogP contribution in [0.25, 0.3) is 0 Å². The fraction of sp³-hybridized carbons (Fsp3) is 0.385. The van der Waals surface area contributed by atoms with E-state index in [-0.39, 0.29) is 17.3 Å². The predicted molar refractivity (Wildman–Crippen MR) is 77.9 cm³/mol. The highest BCUT2D eigenvalue weighted by Crippen LogP contribution is 2.37. The molecule has 0 spiro atoms. The van der Waals surface area contributed by atoms with Gasteiger partial charge in [0.05, 0.1) is 6.04 Å². The molecule has 2 aromatic rings. The van der Waals surface area contributed by atoms with Gasteiger partial charge in [-0.15, -0.1) is 11.3 Å². The van der Waals surface area contributed by atoms with Crippen molar-refractivity contribution < 1.29 is 9.90 Å². The number of carbonyl (C=O) groups is 1. The van der Waals surface area contributed by atoms with Crippen LogP contribution >= 0.6 is 11.3 Å². The quantitative estimate of drug-likeness (QED) is 0.779. The van der Waals surface area contributed by atoms with Crippen LogP contribution in [0.3, 0.4) is 0 Å². The molecule has 2 heterocycles. The summed E-state index contributed by atoms with van der Waals surface area (Å²) in [5, 5.41) is 14.1. The molecule has 110 valence electrons. The molecule has 8 heteroatoms. The van der Waals surface area contributed by atoms with Crippen molar-refractivity contribution in [2.75, 3.05) is 5.32 Å². The SMILES string of the molecule is CC(Nc1cc(=O)[nH]c(C2CC2)n1)c1nc(C(=O)O)cs1. The standard InChI is InChI=1S/C13H14N4O3S/c1-6(12-15-8(5-21-12)13(19)20)14-9-4-10(18)17-11(16-9)7-2-3-7/h4-7H,2-3H2,1H3,(H,19,20)(H2,14,16,17,18). The summed E-state index contributed by atoms with van der Waals surface area (Å²) in [5.74, 6) is 0.506. The first-order valence-electron chi connectivity index (χ1n) is 6.59. The van der Waals surface area contributed by atoms with E-state index in [0.717, 1.165) is 12.8 Å². The Kier molecular flexibility index (Phi) is 3.46. The number of aromatic nitrogens is 3. The lowest BCUT2D eigenvalue weighted by molar-refractivity contribution is 0.0691. The molecule has 1 aliphatic carbocycles. The van der Waals surface area contributed by atoms with E-state index in [4.69, 9.17) is 5.11 Å². The molecule has 1 aliphatic rings. The number of aromatic amines is 1. The second kappa shape index (κ2) is 5.28. The van der Waals surface area contributed by atoms with E-state index in [1.54, 1.807) is 0 Å². The summed E-state index contributed by atoms with van der Waals surface area (Å²) >= 11 is 1.26. The molecule has 1 unspecified atom stereocenters. The molecule has 21 heavy (non-hydrogen) atoms. The molecule has 1 fully saturated rings. The van der Waals surface area contributed by atoms with Gasteiger partial charge in [0.25, 0.3) is 5.56 Å². The van der Waals surface area contributed by atoms with E-state index < -0.39 is 5.97 Å². The number of aromatic carboxylic acids is 1. The van der Waals surface area contributed by atoms with E-state index in [2.05, 4.69) is 20.3 Å². The smallest absolute Gasteiger partial charge is 0.355 e. The van der Waals surface area contributed by atoms with E-state index in [0.29, 0.717) is 22.6 Å². The summed E-state index contributed by atoms with van der Waals surface area (Å²) in [6, 6.07) is 1.18. The van der Waals surface area contributed by atoms with Crippen molar-refractivity contribution in [3.8, 4) is 0 Å². The summed E-state index contributed by atoms with van der Waals surface area (Å²) in [4.78, 5) is 33.6. The second-order valence-corrected chi connectivity index (χ2v) is 5.92. The lowest BCUT2D eigenvalue weighted by atomic mass is 10.3. The van der Waals surface area contributed by atoms with Crippen LogP contribution in [0.2, 0.25) is 0 Å². The maximum absolute atomic E-state index is 11.6. The zero-order valence-corrected chi connectivity index (χ0v) is 12.1. The number of hydrogen-bond acceptors (Lipinski definition) is 6. The minimum atomic E-state index is -1.05. The van der Waals surface area contributed by atoms with Crippen molar-refractivity contribution in [1.82, 2.24) is 15.0 Å². The lowest BCUT2D eigenvalue weighted by Gasteiger charge is -2.12. The van der Waals surface area contributed by atoms with Crippen molar-refractivity contribution in [2.24, 2.45) is 0 Å². The highest BCUT2D eigenvalue weighted by atomic mass is 32.1. The van der Waals surface area contributed by atoms with Crippen LogP contribution in [0.1, 0.15) is 53.0 Å². The zero-order valence-electron chi connectivity index (χ0n) is 11.3. The van der Waals surface area contributed by atoms with Crippen LogP contribution in [0, 0.1) is 0 Å². The van der Waals surface area contributed by atoms with Gasteiger partial charge in [0.15, 0.2) is 5.69 Å². The monoisotopic (exact) mass is 306 g/mol. The van der Waals surface area contributed by atoms with Gasteiger partial charge in [-0.3, -0.25) is 4.79 Å². The van der Waals surface area contributed by atoms with Gasteiger partial charge in [-0.2, -0.15) is 0 Å². The number of rotatable bonds is 5. The average molecular weight is 306 g/mol. The summed E-state index contributed by atoms with van der Waals surface area (Å²) in [5.41, 5.74) is -0.159. The van der Waals surface area contributed by atoms with E-state index >= 15 is 0 Å². The topological polar surface area (TPSA) is 108 Å². The van der Waals surface area contributed by atoms with Crippen LogP contribution in [0.4, 0.5) is 5.82 Å². The van der Waals surface area contributed by atoms with Crippen LogP contribution in [0.15, 0.2) is 16.2 Å². The molecular formula is C13H14N4O3S. The molecule has 2 aromatic heterocycles. The molecule has 3 N–H and O–H groups in total. The van der Waals surface area contributed by atoms with Gasteiger partial charge in [-0.1, -0.05) is 0 Å². The first-order chi connectivity index (χ1) is 10.0. The van der Waals surface area contributed by atoms with Gasteiger partial charge in [-0.05, 0) is 19.8 Å². The molecule has 1 saturated carbocycles. The number of H-pyrrole nitrogens is 1. The molecule has 3 rings (SSSR count). The number of anilines is 1. The van der Waals surface area contributed by atoms with Crippen molar-refractivity contribution in [3.63, 3.8) is 0 Å². The normalized spacial score (nSPS) is 15.7. The minimum absolute atomic E-state index is 0.0289. The molecule has 0 radical (unpaired) electrons. The molecule has 0 amide bonds. The van der Waals surface area contributed by atoms with Gasteiger partial charge in [0.2, 0.25) is 0 Å². The first-order valence-corrected chi connectivity index (χ1v) is 7.47. The molecule has 0 aromatic carbocycles. The third kappa shape index (κ3) is 3.10. The van der Waals surface area contributed by atoms with Crippen molar-refractivity contribution in [1.29, 1.82) is 0 Å². The lowest BCUT2D eigenvalue weighted by Crippen LogP contribution is -2.15. The second-order valence-electron chi connectivity index (χ2n) is 5.03. The first kappa shape index (κ1) is 13.7. The van der Waals surface area contributed by atoms with Crippen molar-refractivity contribution >= 4 is 23.1 Å². The number of carboxylic acids is 1. The fourth-order valence-electron chi connectivity index (χ4n) is 1.97. The Morgan fingerprint density at radius 1 is 1.52 bits per heavy atom. The number of hydrogen-bond donors (Lipinski definition) is 3. The van der Waals surface area contributed by atoms with Gasteiger partial charge < -0.3 is 15.4 Å². The zero-order chi connectivity index (χ0) is 15.0. The van der Waals surface area contributed by atoms with Gasteiger partial charge in [0.1, 0.15) is 16.6 Å². The van der Waals surface area contributed by atoms with Crippen LogP contribution in [-0.2, 0) is 0 Å². The average Bonchev–Trinajstić information content (AvgIpc) is 3.14. The third-order valence-electron chi connectivity index (χ3n) is 3.20. The highest BCUT2D eigenvalue weighted by Gasteiger charge is 2.26. The molecule has 7 nitrogen and oxygen atoms in total. The highest BCUT2D eigenvalue weighted by molar-refractivity contribution is 7.09. The predicted octanol–water partition coefficient (Wildman–Crippen LogP) is 1.98. The fourth-order valence-corrected chi connectivity index (χ4v) is 2.77. The Balaban J connectivity index is 1.78. The largest absolute Gasteiger partial charge is 0.476 e. The molecule has 1 atom stereocenters. The molecule has 0 aliphatic heterocycles. The van der Waals surface area contributed by atoms with E-state index in [1.807, 2.05) is 6.92 Å². The Morgan fingerprint density at radius 3 is 2.90 bits per heavy atom. The Labute approximate surface area is 124 Å². The number of carboxylic acid groups (broad SMARTS) is 1. The number of nitrogens with one attached hydrogen (secondary N) is 2. The van der Waals surface area contributed by atoms with E-state index in [9.17, 15) is 9.59 Å². The molecule has 0 bridgehead atoms. The van der Waals surface area contributed by atoms with Gasteiger partial charge >= 0.3 is 5.97 Å². The minimum Gasteiger partial charge on any atom is -0.476 e. The maximum atomic E-state index is 11.6. The Morgan fingerprint density at radius 2 is 2.29 bits per heavy atom. The van der Waals surface area contributed by atoms with Crippen molar-refractivity contribution in [3.05, 3.63) is 38.3 Å². The Hall–Kier alpha value is -2.22. The summed E-state index contributed by atoms with van der Waals surface area (Å²) in [7, 11) is 0. The summed E-state index contributed by atoms with van der Waals surface area (Å²) in [6.07, 6.45) is 2.10. The summed E-state index contributed by atoms with van der Waals surface area (Å²) < 4.78 is 0. The van der Waals surface area contributed by atoms with Gasteiger partial charge in [-0.25, -0.2) is 14.8 Å². The Bertz CT molecular complexity index is 735. The molecule has 0 saturated heterocycles. The van der Waals surface area contributed by atoms with Crippen LogP contribution in [0.5, 0.6) is 0 Å². The number of nitrogens with zero attached hydrogens (tertiary/aromatic N) is 2. The van der Waals surface area contributed by atoms with Gasteiger partial charge in [0, 0.05) is 17.4 Å². The van der Waals surface area contributed by atoms with Crippen LogP contribution < -0.4 is 10.9 Å².